The third kappa shape index (κ3) is 2.07. The zero-order valence-electron chi connectivity index (χ0n) is 11.4. The molecule has 3 rings (SSSR count). The summed E-state index contributed by atoms with van der Waals surface area (Å²) < 4.78 is 5.39. The first-order valence-corrected chi connectivity index (χ1v) is 6.44. The molecule has 3 heteroatoms. The van der Waals surface area contributed by atoms with Crippen molar-refractivity contribution in [2.24, 2.45) is 0 Å². The van der Waals surface area contributed by atoms with Crippen LogP contribution in [0.1, 0.15) is 16.1 Å². The molecule has 20 heavy (non-hydrogen) atoms. The summed E-state index contributed by atoms with van der Waals surface area (Å²) in [6.45, 7) is 2.03. The molecule has 0 fully saturated rings. The average Bonchev–Trinajstić information content (AvgIpc) is 2.85. The van der Waals surface area contributed by atoms with Crippen molar-refractivity contribution in [2.75, 3.05) is 7.11 Å². The van der Waals surface area contributed by atoms with Gasteiger partial charge in [-0.05, 0) is 48.9 Å². The quantitative estimate of drug-likeness (QED) is 0.728. The van der Waals surface area contributed by atoms with Crippen LogP contribution in [-0.2, 0) is 0 Å². The van der Waals surface area contributed by atoms with Gasteiger partial charge in [0.25, 0.3) is 0 Å². The Balaban J connectivity index is 2.20. The summed E-state index contributed by atoms with van der Waals surface area (Å²) in [5.41, 5.74) is 4.85. The van der Waals surface area contributed by atoms with Crippen LogP contribution in [0.2, 0.25) is 0 Å². The van der Waals surface area contributed by atoms with Crippen molar-refractivity contribution in [1.29, 1.82) is 0 Å². The SMILES string of the molecule is COc1ccc(C=O)cc1-c1ccc2[nH]c(C)cc2c1. The van der Waals surface area contributed by atoms with Gasteiger partial charge in [-0.1, -0.05) is 6.07 Å². The molecular weight excluding hydrogens is 250 g/mol. The van der Waals surface area contributed by atoms with E-state index in [2.05, 4.69) is 17.1 Å². The van der Waals surface area contributed by atoms with Crippen molar-refractivity contribution in [1.82, 2.24) is 4.98 Å². The molecule has 0 aliphatic rings. The molecule has 1 aromatic heterocycles. The van der Waals surface area contributed by atoms with Crippen molar-refractivity contribution in [3.05, 3.63) is 53.7 Å². The van der Waals surface area contributed by atoms with Crippen molar-refractivity contribution in [2.45, 2.75) is 6.92 Å². The van der Waals surface area contributed by atoms with Gasteiger partial charge in [0.15, 0.2) is 0 Å². The Kier molecular flexibility index (Phi) is 3.03. The number of methoxy groups -OCH3 is 1. The number of ether oxygens (including phenoxy) is 1. The van der Waals surface area contributed by atoms with Crippen LogP contribution in [0.4, 0.5) is 0 Å². The van der Waals surface area contributed by atoms with Crippen LogP contribution in [0.3, 0.4) is 0 Å². The molecule has 100 valence electrons. The summed E-state index contributed by atoms with van der Waals surface area (Å²) in [6.07, 6.45) is 0.849. The maximum atomic E-state index is 11.0. The average molecular weight is 265 g/mol. The van der Waals surface area contributed by atoms with Crippen molar-refractivity contribution < 1.29 is 9.53 Å². The lowest BCUT2D eigenvalue weighted by molar-refractivity contribution is 0.112. The Morgan fingerprint density at radius 1 is 1.10 bits per heavy atom. The molecule has 0 atom stereocenters. The van der Waals surface area contributed by atoms with Gasteiger partial charge >= 0.3 is 0 Å². The van der Waals surface area contributed by atoms with Gasteiger partial charge in [-0.2, -0.15) is 0 Å². The van der Waals surface area contributed by atoms with E-state index >= 15 is 0 Å². The third-order valence-corrected chi connectivity index (χ3v) is 3.43. The number of nitrogens with one attached hydrogen (secondary N) is 1. The fourth-order valence-electron chi connectivity index (χ4n) is 2.47. The van der Waals surface area contributed by atoms with E-state index in [9.17, 15) is 4.79 Å². The molecular formula is C17H15NO2. The van der Waals surface area contributed by atoms with Gasteiger partial charge < -0.3 is 9.72 Å². The molecule has 0 aliphatic heterocycles. The highest BCUT2D eigenvalue weighted by molar-refractivity contribution is 5.88. The first-order chi connectivity index (χ1) is 9.71. The van der Waals surface area contributed by atoms with E-state index in [1.807, 2.05) is 31.2 Å². The Morgan fingerprint density at radius 2 is 1.95 bits per heavy atom. The standard InChI is InChI=1S/C17H15NO2/c1-11-7-14-9-13(4-5-16(14)18-11)15-8-12(10-19)3-6-17(15)20-2/h3-10,18H,1-2H3. The molecule has 2 aromatic carbocycles. The van der Waals surface area contributed by atoms with Gasteiger partial charge in [0.2, 0.25) is 0 Å². The molecule has 0 radical (unpaired) electrons. The van der Waals surface area contributed by atoms with Crippen molar-refractivity contribution in [3.63, 3.8) is 0 Å². The van der Waals surface area contributed by atoms with E-state index in [1.165, 1.54) is 0 Å². The first kappa shape index (κ1) is 12.5. The summed E-state index contributed by atoms with van der Waals surface area (Å²) in [7, 11) is 1.64. The second-order valence-electron chi connectivity index (χ2n) is 4.83. The zero-order valence-corrected chi connectivity index (χ0v) is 11.4. The fourth-order valence-corrected chi connectivity index (χ4v) is 2.47. The van der Waals surface area contributed by atoms with Gasteiger partial charge in [0, 0.05) is 27.7 Å². The van der Waals surface area contributed by atoms with Crippen LogP contribution in [0.15, 0.2) is 42.5 Å². The minimum Gasteiger partial charge on any atom is -0.496 e. The lowest BCUT2D eigenvalue weighted by atomic mass is 10.0. The van der Waals surface area contributed by atoms with E-state index in [0.717, 1.165) is 39.8 Å². The lowest BCUT2D eigenvalue weighted by Crippen LogP contribution is -1.90. The summed E-state index contributed by atoms with van der Waals surface area (Å²) in [6, 6.07) is 13.7. The maximum Gasteiger partial charge on any atom is 0.150 e. The predicted octanol–water partition coefficient (Wildman–Crippen LogP) is 3.96. The molecule has 0 spiro atoms. The zero-order chi connectivity index (χ0) is 14.1. The number of aromatic nitrogens is 1. The number of fused-ring (bicyclic) bond motifs is 1. The predicted molar refractivity (Wildman–Crippen MR) is 80.4 cm³/mol. The molecule has 1 N–H and O–H groups in total. The molecule has 1 heterocycles. The topological polar surface area (TPSA) is 42.1 Å². The van der Waals surface area contributed by atoms with Crippen LogP contribution in [0.25, 0.3) is 22.0 Å². The van der Waals surface area contributed by atoms with Gasteiger partial charge in [0.05, 0.1) is 7.11 Å². The van der Waals surface area contributed by atoms with Gasteiger partial charge in [-0.15, -0.1) is 0 Å². The highest BCUT2D eigenvalue weighted by Gasteiger charge is 2.08. The van der Waals surface area contributed by atoms with Gasteiger partial charge in [-0.3, -0.25) is 4.79 Å². The smallest absolute Gasteiger partial charge is 0.150 e. The van der Waals surface area contributed by atoms with E-state index in [4.69, 9.17) is 4.74 Å². The highest BCUT2D eigenvalue weighted by atomic mass is 16.5. The highest BCUT2D eigenvalue weighted by Crippen LogP contribution is 2.32. The minimum absolute atomic E-state index is 0.645. The van der Waals surface area contributed by atoms with E-state index in [0.29, 0.717) is 5.56 Å². The number of benzene rings is 2. The number of aryl methyl sites for hydroxylation is 1. The van der Waals surface area contributed by atoms with Gasteiger partial charge in [-0.25, -0.2) is 0 Å². The second-order valence-corrected chi connectivity index (χ2v) is 4.83. The number of hydrogen-bond acceptors (Lipinski definition) is 2. The molecule has 0 saturated carbocycles. The number of aromatic amines is 1. The molecule has 0 aliphatic carbocycles. The van der Waals surface area contributed by atoms with Crippen LogP contribution in [0, 0.1) is 6.92 Å². The Morgan fingerprint density at radius 3 is 2.70 bits per heavy atom. The Hall–Kier alpha value is -2.55. The lowest BCUT2D eigenvalue weighted by Gasteiger charge is -2.09. The van der Waals surface area contributed by atoms with E-state index in [-0.39, 0.29) is 0 Å². The number of aldehydes is 1. The normalized spacial score (nSPS) is 10.7. The molecule has 0 saturated heterocycles. The summed E-state index contributed by atoms with van der Waals surface area (Å²) in [5.74, 6) is 0.766. The Labute approximate surface area is 117 Å². The molecule has 0 amide bonds. The molecule has 3 aromatic rings. The maximum absolute atomic E-state index is 11.0. The monoisotopic (exact) mass is 265 g/mol. The van der Waals surface area contributed by atoms with Gasteiger partial charge in [0.1, 0.15) is 12.0 Å². The number of hydrogen-bond donors (Lipinski definition) is 1. The van der Waals surface area contributed by atoms with Crippen LogP contribution < -0.4 is 4.74 Å². The number of carbonyl (C=O) groups excluding carboxylic acids is 1. The number of H-pyrrole nitrogens is 1. The second kappa shape index (κ2) is 4.85. The number of carbonyl (C=O) groups is 1. The molecule has 0 unspecified atom stereocenters. The summed E-state index contributed by atoms with van der Waals surface area (Å²) >= 11 is 0. The van der Waals surface area contributed by atoms with E-state index < -0.39 is 0 Å². The van der Waals surface area contributed by atoms with Crippen LogP contribution >= 0.6 is 0 Å². The summed E-state index contributed by atoms with van der Waals surface area (Å²) in [4.78, 5) is 14.3. The molecule has 0 bridgehead atoms. The Bertz CT molecular complexity index is 787. The van der Waals surface area contributed by atoms with Crippen molar-refractivity contribution in [3.8, 4) is 16.9 Å². The number of rotatable bonds is 3. The summed E-state index contributed by atoms with van der Waals surface area (Å²) in [5, 5.41) is 1.15. The van der Waals surface area contributed by atoms with Crippen LogP contribution in [0.5, 0.6) is 5.75 Å². The largest absolute Gasteiger partial charge is 0.496 e. The first-order valence-electron chi connectivity index (χ1n) is 6.44. The van der Waals surface area contributed by atoms with E-state index in [1.54, 1.807) is 13.2 Å². The fraction of sp³-hybridized carbons (Fsp3) is 0.118. The molecule has 3 nitrogen and oxygen atoms in total. The third-order valence-electron chi connectivity index (χ3n) is 3.43. The van der Waals surface area contributed by atoms with Crippen LogP contribution in [-0.4, -0.2) is 18.4 Å². The van der Waals surface area contributed by atoms with Crippen molar-refractivity contribution >= 4 is 17.2 Å². The minimum atomic E-state index is 0.645.